The molecule has 0 saturated heterocycles. The molecule has 0 aliphatic carbocycles. The largest absolute Gasteiger partial charge is 0.352 e. The Labute approximate surface area is 135 Å². The lowest BCUT2D eigenvalue weighted by molar-refractivity contribution is -0.124. The van der Waals surface area contributed by atoms with Crippen molar-refractivity contribution in [3.05, 3.63) is 30.3 Å². The number of nitrogens with two attached hydrogens (primary N) is 1. The molecule has 0 aliphatic heterocycles. The summed E-state index contributed by atoms with van der Waals surface area (Å²) in [6, 6.07) is 8.95. The normalized spacial score (nSPS) is 12.4. The van der Waals surface area contributed by atoms with Crippen LogP contribution in [0.3, 0.4) is 0 Å². The highest BCUT2D eigenvalue weighted by Crippen LogP contribution is 2.13. The smallest absolute Gasteiger partial charge is 0.246 e. The van der Waals surface area contributed by atoms with Crippen LogP contribution in [0.5, 0.6) is 0 Å². The molecule has 1 atom stereocenters. The number of tetrazole rings is 1. The Bertz CT molecular complexity index is 607. The maximum Gasteiger partial charge on any atom is 0.246 e. The monoisotopic (exact) mass is 324 g/mol. The van der Waals surface area contributed by atoms with Crippen molar-refractivity contribution in [2.24, 2.45) is 5.73 Å². The first kappa shape index (κ1) is 18.1. The molecule has 7 nitrogen and oxygen atoms in total. The average molecular weight is 325 g/mol. The Morgan fingerprint density at radius 1 is 1.36 bits per heavy atom. The van der Waals surface area contributed by atoms with Crippen molar-refractivity contribution in [3.63, 3.8) is 0 Å². The fourth-order valence-corrected chi connectivity index (χ4v) is 1.66. The molecule has 1 aromatic heterocycles. The molecule has 0 fully saturated rings. The van der Waals surface area contributed by atoms with Gasteiger partial charge in [0.15, 0.2) is 0 Å². The summed E-state index contributed by atoms with van der Waals surface area (Å²) < 4.78 is 0. The van der Waals surface area contributed by atoms with Gasteiger partial charge in [-0.05, 0) is 26.0 Å². The predicted molar refractivity (Wildman–Crippen MR) is 86.5 cm³/mol. The quantitative estimate of drug-likeness (QED) is 0.860. The van der Waals surface area contributed by atoms with E-state index in [-0.39, 0.29) is 18.3 Å². The number of nitrogens with zero attached hydrogens (tertiary/aromatic N) is 4. The van der Waals surface area contributed by atoms with Crippen molar-refractivity contribution in [1.29, 1.82) is 0 Å². The highest BCUT2D eigenvalue weighted by molar-refractivity contribution is 5.85. The molecule has 0 saturated carbocycles. The van der Waals surface area contributed by atoms with Gasteiger partial charge in [-0.2, -0.15) is 4.80 Å². The lowest BCUT2D eigenvalue weighted by atomic mass is 10.1. The summed E-state index contributed by atoms with van der Waals surface area (Å²) in [6.07, 6.45) is 0. The van der Waals surface area contributed by atoms with Crippen LogP contribution >= 0.6 is 12.4 Å². The molecule has 22 heavy (non-hydrogen) atoms. The Balaban J connectivity index is 0.00000242. The molecule has 0 radical (unpaired) electrons. The summed E-state index contributed by atoms with van der Waals surface area (Å²) in [4.78, 5) is 13.3. The fourth-order valence-electron chi connectivity index (χ4n) is 1.66. The van der Waals surface area contributed by atoms with Crippen LogP contribution in [0, 0.1) is 0 Å². The second-order valence-electron chi connectivity index (χ2n) is 5.68. The van der Waals surface area contributed by atoms with Crippen LogP contribution in [0.1, 0.15) is 26.8 Å². The number of benzene rings is 1. The zero-order chi connectivity index (χ0) is 15.5. The maximum atomic E-state index is 12.0. The number of rotatable bonds is 5. The first-order valence-corrected chi connectivity index (χ1v) is 6.78. The zero-order valence-corrected chi connectivity index (χ0v) is 13.7. The van der Waals surface area contributed by atoms with Crippen LogP contribution < -0.4 is 11.1 Å². The molecular formula is C14H21ClN6O. The summed E-state index contributed by atoms with van der Waals surface area (Å²) in [5.41, 5.74) is 6.24. The molecule has 0 bridgehead atoms. The number of aromatic nitrogens is 4. The van der Waals surface area contributed by atoms with Crippen molar-refractivity contribution in [2.45, 2.75) is 32.4 Å². The van der Waals surface area contributed by atoms with Gasteiger partial charge in [0.25, 0.3) is 0 Å². The zero-order valence-electron chi connectivity index (χ0n) is 12.9. The molecule has 1 unspecified atom stereocenters. The summed E-state index contributed by atoms with van der Waals surface area (Å²) in [6.45, 7) is 5.80. The molecule has 0 aliphatic rings. The molecule has 120 valence electrons. The first-order chi connectivity index (χ1) is 9.87. The summed E-state index contributed by atoms with van der Waals surface area (Å²) in [7, 11) is 0. The van der Waals surface area contributed by atoms with E-state index in [9.17, 15) is 4.79 Å². The van der Waals surface area contributed by atoms with Crippen LogP contribution in [-0.4, -0.2) is 38.2 Å². The number of halogens is 1. The van der Waals surface area contributed by atoms with Gasteiger partial charge in [0.1, 0.15) is 6.04 Å². The number of hydrogen-bond acceptors (Lipinski definition) is 5. The van der Waals surface area contributed by atoms with E-state index < -0.39 is 11.6 Å². The van der Waals surface area contributed by atoms with Crippen molar-refractivity contribution in [3.8, 4) is 11.4 Å². The Morgan fingerprint density at radius 3 is 2.59 bits per heavy atom. The van der Waals surface area contributed by atoms with E-state index in [4.69, 9.17) is 5.73 Å². The highest BCUT2D eigenvalue weighted by atomic mass is 35.5. The molecule has 2 rings (SSSR count). The van der Waals surface area contributed by atoms with E-state index in [0.717, 1.165) is 5.56 Å². The highest BCUT2D eigenvalue weighted by Gasteiger charge is 2.20. The van der Waals surface area contributed by atoms with Crippen LogP contribution in [0.4, 0.5) is 0 Å². The Hall–Kier alpha value is -1.99. The van der Waals surface area contributed by atoms with Crippen molar-refractivity contribution in [2.75, 3.05) is 6.54 Å². The fraction of sp³-hybridized carbons (Fsp3) is 0.429. The third kappa shape index (κ3) is 4.78. The Morgan fingerprint density at radius 2 is 2.00 bits per heavy atom. The third-order valence-corrected chi connectivity index (χ3v) is 2.90. The van der Waals surface area contributed by atoms with E-state index >= 15 is 0 Å². The summed E-state index contributed by atoms with van der Waals surface area (Å²) in [5, 5.41) is 14.9. The average Bonchev–Trinajstić information content (AvgIpc) is 2.94. The molecule has 8 heteroatoms. The number of carbonyl (C=O) groups is 1. The molecular weight excluding hydrogens is 304 g/mol. The van der Waals surface area contributed by atoms with Crippen molar-refractivity contribution < 1.29 is 4.79 Å². The topological polar surface area (TPSA) is 98.7 Å². The molecule has 1 amide bonds. The minimum atomic E-state index is -0.544. The van der Waals surface area contributed by atoms with Gasteiger partial charge in [-0.1, -0.05) is 30.3 Å². The molecule has 1 heterocycles. The van der Waals surface area contributed by atoms with E-state index in [2.05, 4.69) is 20.7 Å². The van der Waals surface area contributed by atoms with E-state index in [0.29, 0.717) is 12.4 Å². The number of amides is 1. The number of carbonyl (C=O) groups excluding carboxylic acids is 1. The van der Waals surface area contributed by atoms with Crippen LogP contribution in [0.25, 0.3) is 11.4 Å². The molecule has 0 spiro atoms. The predicted octanol–water partition coefficient (Wildman–Crippen LogP) is 1.18. The minimum absolute atomic E-state index is 0. The molecule has 3 N–H and O–H groups in total. The summed E-state index contributed by atoms with van der Waals surface area (Å²) >= 11 is 0. The van der Waals surface area contributed by atoms with Crippen LogP contribution in [-0.2, 0) is 4.79 Å². The van der Waals surface area contributed by atoms with Crippen LogP contribution in [0.2, 0.25) is 0 Å². The van der Waals surface area contributed by atoms with Crippen molar-refractivity contribution in [1.82, 2.24) is 25.5 Å². The van der Waals surface area contributed by atoms with E-state index in [1.807, 2.05) is 44.2 Å². The van der Waals surface area contributed by atoms with Crippen molar-refractivity contribution >= 4 is 18.3 Å². The maximum absolute atomic E-state index is 12.0. The number of hydrogen-bond donors (Lipinski definition) is 2. The lowest BCUT2D eigenvalue weighted by Crippen LogP contribution is -2.46. The van der Waals surface area contributed by atoms with E-state index in [1.54, 1.807) is 6.92 Å². The Kier molecular flexibility index (Phi) is 6.01. The van der Waals surface area contributed by atoms with Gasteiger partial charge >= 0.3 is 0 Å². The van der Waals surface area contributed by atoms with Gasteiger partial charge in [0.05, 0.1) is 0 Å². The molecule has 2 aromatic rings. The van der Waals surface area contributed by atoms with Gasteiger partial charge in [0.2, 0.25) is 11.7 Å². The second-order valence-corrected chi connectivity index (χ2v) is 5.68. The van der Waals surface area contributed by atoms with Crippen LogP contribution in [0.15, 0.2) is 30.3 Å². The standard InChI is InChI=1S/C14H20N6O.ClH/c1-10(13(21)16-9-14(2,3)15)20-18-12(17-19-20)11-7-5-4-6-8-11;/h4-8,10H,9,15H2,1-3H3,(H,16,21);1H. The van der Waals surface area contributed by atoms with E-state index in [1.165, 1.54) is 4.80 Å². The first-order valence-electron chi connectivity index (χ1n) is 6.78. The van der Waals surface area contributed by atoms with Gasteiger partial charge in [0, 0.05) is 17.6 Å². The second kappa shape index (κ2) is 7.33. The molecule has 1 aromatic carbocycles. The van der Waals surface area contributed by atoms with Gasteiger partial charge < -0.3 is 11.1 Å². The lowest BCUT2D eigenvalue weighted by Gasteiger charge is -2.20. The SMILES string of the molecule is CC(C(=O)NCC(C)(C)N)n1nnc(-c2ccccc2)n1.Cl. The van der Waals surface area contributed by atoms with Gasteiger partial charge in [-0.15, -0.1) is 22.6 Å². The summed E-state index contributed by atoms with van der Waals surface area (Å²) in [5.74, 6) is 0.306. The number of nitrogens with one attached hydrogen (secondary N) is 1. The third-order valence-electron chi connectivity index (χ3n) is 2.90. The minimum Gasteiger partial charge on any atom is -0.352 e. The van der Waals surface area contributed by atoms with Gasteiger partial charge in [-0.25, -0.2) is 0 Å². The van der Waals surface area contributed by atoms with Gasteiger partial charge in [-0.3, -0.25) is 4.79 Å².